The zero-order chi connectivity index (χ0) is 12.4. The zero-order valence-corrected chi connectivity index (χ0v) is 10.5. The summed E-state index contributed by atoms with van der Waals surface area (Å²) in [5.74, 6) is -0.730. The minimum atomic E-state index is -0.730. The number of aliphatic carboxylic acids is 1. The van der Waals surface area contributed by atoms with Crippen molar-refractivity contribution >= 4 is 5.97 Å². The van der Waals surface area contributed by atoms with Crippen molar-refractivity contribution in [2.45, 2.75) is 52.0 Å². The van der Waals surface area contributed by atoms with E-state index in [9.17, 15) is 4.79 Å². The number of carboxylic acid groups (broad SMARTS) is 1. The zero-order valence-electron chi connectivity index (χ0n) is 10.5. The van der Waals surface area contributed by atoms with Crippen LogP contribution in [-0.2, 0) is 4.79 Å². The summed E-state index contributed by atoms with van der Waals surface area (Å²) in [6.45, 7) is 6.15. The van der Waals surface area contributed by atoms with E-state index in [2.05, 4.69) is 11.8 Å². The minimum absolute atomic E-state index is 0.111. The van der Waals surface area contributed by atoms with Gasteiger partial charge in [0.25, 0.3) is 0 Å². The predicted molar refractivity (Wildman–Crippen MR) is 64.5 cm³/mol. The van der Waals surface area contributed by atoms with Crippen LogP contribution in [0.1, 0.15) is 46.0 Å². The molecule has 0 heterocycles. The number of hydrogen-bond acceptors (Lipinski definition) is 3. The van der Waals surface area contributed by atoms with Crippen molar-refractivity contribution < 1.29 is 15.0 Å². The highest BCUT2D eigenvalue weighted by molar-refractivity contribution is 5.67. The number of carboxylic acids is 1. The molecule has 96 valence electrons. The fourth-order valence-corrected chi connectivity index (χ4v) is 1.85. The molecular formula is C12H25NO3. The average molecular weight is 231 g/mol. The summed E-state index contributed by atoms with van der Waals surface area (Å²) in [4.78, 5) is 12.8. The molecule has 4 nitrogen and oxygen atoms in total. The van der Waals surface area contributed by atoms with Crippen molar-refractivity contribution in [2.75, 3.05) is 19.7 Å². The van der Waals surface area contributed by atoms with Crippen LogP contribution in [0.25, 0.3) is 0 Å². The number of unbranched alkanes of at least 4 members (excludes halogenated alkanes) is 3. The molecular weight excluding hydrogens is 206 g/mol. The van der Waals surface area contributed by atoms with Gasteiger partial charge in [-0.3, -0.25) is 4.79 Å². The van der Waals surface area contributed by atoms with Crippen LogP contribution in [0.5, 0.6) is 0 Å². The Bertz CT molecular complexity index is 185. The van der Waals surface area contributed by atoms with Gasteiger partial charge in [-0.05, 0) is 32.9 Å². The first-order chi connectivity index (χ1) is 7.61. The maximum Gasteiger partial charge on any atom is 0.304 e. The first-order valence-electron chi connectivity index (χ1n) is 6.18. The maximum absolute atomic E-state index is 10.6. The largest absolute Gasteiger partial charge is 0.481 e. The molecule has 0 aromatic heterocycles. The number of aliphatic hydroxyl groups excluding tert-OH is 1. The van der Waals surface area contributed by atoms with E-state index < -0.39 is 5.97 Å². The van der Waals surface area contributed by atoms with Gasteiger partial charge in [-0.15, -0.1) is 0 Å². The summed E-state index contributed by atoms with van der Waals surface area (Å²) in [5, 5.41) is 17.3. The van der Waals surface area contributed by atoms with Gasteiger partial charge >= 0.3 is 5.97 Å². The Hall–Kier alpha value is -0.610. The van der Waals surface area contributed by atoms with Gasteiger partial charge in [0.1, 0.15) is 0 Å². The predicted octanol–water partition coefficient (Wildman–Crippen LogP) is 1.72. The first-order valence-corrected chi connectivity index (χ1v) is 6.18. The Balaban J connectivity index is 3.69. The molecule has 0 saturated heterocycles. The highest BCUT2D eigenvalue weighted by Gasteiger charge is 2.14. The lowest BCUT2D eigenvalue weighted by Crippen LogP contribution is -2.35. The summed E-state index contributed by atoms with van der Waals surface area (Å²) >= 11 is 0. The minimum Gasteiger partial charge on any atom is -0.481 e. The molecule has 0 aromatic carbocycles. The van der Waals surface area contributed by atoms with Crippen molar-refractivity contribution in [2.24, 2.45) is 0 Å². The highest BCUT2D eigenvalue weighted by atomic mass is 16.4. The van der Waals surface area contributed by atoms with Crippen molar-refractivity contribution in [3.63, 3.8) is 0 Å². The molecule has 1 unspecified atom stereocenters. The summed E-state index contributed by atoms with van der Waals surface area (Å²) in [6, 6.07) is 0.111. The second kappa shape index (κ2) is 9.60. The van der Waals surface area contributed by atoms with Crippen LogP contribution in [0, 0.1) is 0 Å². The molecule has 0 aliphatic heterocycles. The Morgan fingerprint density at radius 1 is 1.25 bits per heavy atom. The number of carbonyl (C=O) groups is 1. The van der Waals surface area contributed by atoms with Crippen molar-refractivity contribution in [3.05, 3.63) is 0 Å². The smallest absolute Gasteiger partial charge is 0.304 e. The number of hydrogen-bond donors (Lipinski definition) is 2. The molecule has 2 N–H and O–H groups in total. The summed E-state index contributed by atoms with van der Waals surface area (Å²) in [5.41, 5.74) is 0. The van der Waals surface area contributed by atoms with Crippen LogP contribution < -0.4 is 0 Å². The first kappa shape index (κ1) is 15.4. The molecule has 0 radical (unpaired) electrons. The van der Waals surface area contributed by atoms with Crippen LogP contribution in [0.4, 0.5) is 0 Å². The van der Waals surface area contributed by atoms with E-state index in [-0.39, 0.29) is 19.1 Å². The lowest BCUT2D eigenvalue weighted by molar-refractivity contribution is -0.138. The van der Waals surface area contributed by atoms with Gasteiger partial charge in [0, 0.05) is 12.6 Å². The molecule has 1 atom stereocenters. The van der Waals surface area contributed by atoms with Crippen molar-refractivity contribution in [1.82, 2.24) is 4.90 Å². The Kier molecular flexibility index (Phi) is 9.24. The van der Waals surface area contributed by atoms with Crippen LogP contribution >= 0.6 is 0 Å². The van der Waals surface area contributed by atoms with E-state index in [1.807, 2.05) is 6.92 Å². The molecule has 0 aliphatic carbocycles. The van der Waals surface area contributed by atoms with E-state index in [4.69, 9.17) is 10.2 Å². The maximum atomic E-state index is 10.6. The number of aliphatic hydroxyl groups is 1. The van der Waals surface area contributed by atoms with Crippen LogP contribution in [0.3, 0.4) is 0 Å². The fourth-order valence-electron chi connectivity index (χ4n) is 1.85. The van der Waals surface area contributed by atoms with Crippen molar-refractivity contribution in [1.29, 1.82) is 0 Å². The molecule has 0 saturated carbocycles. The Morgan fingerprint density at radius 3 is 2.38 bits per heavy atom. The van der Waals surface area contributed by atoms with E-state index in [1.54, 1.807) is 0 Å². The standard InChI is InChI=1S/C12H25NO3/c1-3-13(11(2)10-12(15)16)8-6-4-5-7-9-14/h11,14H,3-10H2,1-2H3,(H,15,16). The highest BCUT2D eigenvalue weighted by Crippen LogP contribution is 2.07. The lowest BCUT2D eigenvalue weighted by Gasteiger charge is -2.26. The molecule has 0 rings (SSSR count). The van der Waals surface area contributed by atoms with Crippen molar-refractivity contribution in [3.8, 4) is 0 Å². The Morgan fingerprint density at radius 2 is 1.88 bits per heavy atom. The Labute approximate surface area is 98.3 Å². The van der Waals surface area contributed by atoms with Gasteiger partial charge < -0.3 is 15.1 Å². The molecule has 0 bridgehead atoms. The van der Waals surface area contributed by atoms with Crippen LogP contribution in [0.2, 0.25) is 0 Å². The van der Waals surface area contributed by atoms with Gasteiger partial charge in [0.15, 0.2) is 0 Å². The molecule has 16 heavy (non-hydrogen) atoms. The summed E-state index contributed by atoms with van der Waals surface area (Å²) < 4.78 is 0. The normalized spacial score (nSPS) is 13.0. The van der Waals surface area contributed by atoms with E-state index in [1.165, 1.54) is 0 Å². The SMILES string of the molecule is CCN(CCCCCCO)C(C)CC(=O)O. The molecule has 4 heteroatoms. The molecule has 0 aliphatic rings. The van der Waals surface area contributed by atoms with Gasteiger partial charge in [-0.1, -0.05) is 19.8 Å². The second-order valence-corrected chi connectivity index (χ2v) is 4.21. The third-order valence-corrected chi connectivity index (χ3v) is 2.85. The average Bonchev–Trinajstić information content (AvgIpc) is 2.22. The fraction of sp³-hybridized carbons (Fsp3) is 0.917. The summed E-state index contributed by atoms with van der Waals surface area (Å²) in [6.07, 6.45) is 4.33. The number of nitrogens with zero attached hydrogens (tertiary/aromatic N) is 1. The monoisotopic (exact) mass is 231 g/mol. The summed E-state index contributed by atoms with van der Waals surface area (Å²) in [7, 11) is 0. The number of rotatable bonds is 10. The topological polar surface area (TPSA) is 60.8 Å². The van der Waals surface area contributed by atoms with Gasteiger partial charge in [0.05, 0.1) is 6.42 Å². The van der Waals surface area contributed by atoms with Gasteiger partial charge in [0.2, 0.25) is 0 Å². The third kappa shape index (κ3) is 7.65. The quantitative estimate of drug-likeness (QED) is 0.562. The van der Waals surface area contributed by atoms with Gasteiger partial charge in [-0.2, -0.15) is 0 Å². The molecule has 0 amide bonds. The van der Waals surface area contributed by atoms with E-state index in [0.717, 1.165) is 38.8 Å². The molecule has 0 spiro atoms. The van der Waals surface area contributed by atoms with Crippen LogP contribution in [-0.4, -0.2) is 46.8 Å². The second-order valence-electron chi connectivity index (χ2n) is 4.21. The van der Waals surface area contributed by atoms with Gasteiger partial charge in [-0.25, -0.2) is 0 Å². The van der Waals surface area contributed by atoms with Crippen LogP contribution in [0.15, 0.2) is 0 Å². The van der Waals surface area contributed by atoms with E-state index >= 15 is 0 Å². The molecule has 0 aromatic rings. The lowest BCUT2D eigenvalue weighted by atomic mass is 10.1. The molecule has 0 fully saturated rings. The van der Waals surface area contributed by atoms with E-state index in [0.29, 0.717) is 0 Å². The third-order valence-electron chi connectivity index (χ3n) is 2.85.